The summed E-state index contributed by atoms with van der Waals surface area (Å²) in [7, 11) is 6.31. The molecule has 4 rings (SSSR count). The van der Waals surface area contributed by atoms with Gasteiger partial charge in [0.05, 0.1) is 5.69 Å². The summed E-state index contributed by atoms with van der Waals surface area (Å²) in [6.45, 7) is 4.12. The molecule has 1 amide bonds. The fourth-order valence-electron chi connectivity index (χ4n) is 4.46. The summed E-state index contributed by atoms with van der Waals surface area (Å²) in [5.41, 5.74) is 2.86. The van der Waals surface area contributed by atoms with Crippen molar-refractivity contribution in [1.82, 2.24) is 29.5 Å². The average molecular weight is 550 g/mol. The zero-order chi connectivity index (χ0) is 24.6. The monoisotopic (exact) mass is 548 g/mol. The first kappa shape index (κ1) is 30.6. The first-order valence-corrected chi connectivity index (χ1v) is 12.3. The first-order chi connectivity index (χ1) is 17.0. The number of para-hydroxylation sites is 1. The maximum Gasteiger partial charge on any atom is 0.253 e. The molecule has 1 fully saturated rings. The molecular weight excluding hydrogens is 511 g/mol. The van der Waals surface area contributed by atoms with Crippen LogP contribution in [-0.4, -0.2) is 95.3 Å². The second kappa shape index (κ2) is 14.9. The average Bonchev–Trinajstić information content (AvgIpc) is 3.43. The SMILES string of the molecule is CN(C)CCOc1ccccc1CCN(C)C1CCN(C(=O)c2ccc(-n3cncn3)cc2)CC1.Cl.Cl. The lowest BCUT2D eigenvalue weighted by Gasteiger charge is -2.37. The summed E-state index contributed by atoms with van der Waals surface area (Å²) in [6.07, 6.45) is 6.07. The molecule has 0 spiro atoms. The maximum absolute atomic E-state index is 13.0. The Hall–Kier alpha value is -2.65. The molecule has 1 aromatic heterocycles. The number of carbonyl (C=O) groups excluding carboxylic acids is 1. The van der Waals surface area contributed by atoms with Crippen LogP contribution in [0.5, 0.6) is 5.75 Å². The van der Waals surface area contributed by atoms with Crippen LogP contribution in [0.2, 0.25) is 0 Å². The number of ether oxygens (including phenoxy) is 1. The van der Waals surface area contributed by atoms with Crippen molar-refractivity contribution >= 4 is 30.7 Å². The molecule has 0 saturated carbocycles. The van der Waals surface area contributed by atoms with Crippen molar-refractivity contribution in [2.24, 2.45) is 0 Å². The van der Waals surface area contributed by atoms with Gasteiger partial charge in [0.15, 0.2) is 0 Å². The highest BCUT2D eigenvalue weighted by molar-refractivity contribution is 5.94. The van der Waals surface area contributed by atoms with Gasteiger partial charge < -0.3 is 19.4 Å². The molecular formula is C27H38Cl2N6O2. The standard InChI is InChI=1S/C27H36N6O2.2ClH/c1-30(2)18-19-35-26-7-5-4-6-22(26)12-15-31(3)24-13-16-32(17-14-24)27(34)23-8-10-25(11-9-23)33-21-28-20-29-33;;/h4-11,20-21,24H,12-19H2,1-3H3;2*1H. The van der Waals surface area contributed by atoms with E-state index < -0.39 is 0 Å². The molecule has 0 unspecified atom stereocenters. The van der Waals surface area contributed by atoms with Crippen molar-refractivity contribution in [2.75, 3.05) is 53.9 Å². The minimum Gasteiger partial charge on any atom is -0.492 e. The lowest BCUT2D eigenvalue weighted by atomic mass is 10.0. The summed E-state index contributed by atoms with van der Waals surface area (Å²) in [4.78, 5) is 23.5. The Bertz CT molecular complexity index is 1070. The number of hydrogen-bond donors (Lipinski definition) is 0. The van der Waals surface area contributed by atoms with Crippen LogP contribution in [0.25, 0.3) is 5.69 Å². The van der Waals surface area contributed by atoms with Gasteiger partial charge in [-0.3, -0.25) is 4.79 Å². The molecule has 3 aromatic rings. The zero-order valence-corrected chi connectivity index (χ0v) is 23.5. The van der Waals surface area contributed by atoms with Gasteiger partial charge in [-0.1, -0.05) is 18.2 Å². The third-order valence-electron chi connectivity index (χ3n) is 6.68. The van der Waals surface area contributed by atoms with Gasteiger partial charge in [-0.05, 0) is 76.3 Å². The van der Waals surface area contributed by atoms with Crippen molar-refractivity contribution < 1.29 is 9.53 Å². The van der Waals surface area contributed by atoms with Gasteiger partial charge in [0, 0.05) is 37.8 Å². The van der Waals surface area contributed by atoms with Crippen LogP contribution >= 0.6 is 24.8 Å². The maximum atomic E-state index is 13.0. The molecule has 0 bridgehead atoms. The quantitative estimate of drug-likeness (QED) is 0.383. The van der Waals surface area contributed by atoms with E-state index >= 15 is 0 Å². The number of carbonyl (C=O) groups is 1. The van der Waals surface area contributed by atoms with Crippen LogP contribution in [0.1, 0.15) is 28.8 Å². The van der Waals surface area contributed by atoms with Crippen LogP contribution < -0.4 is 4.74 Å². The zero-order valence-electron chi connectivity index (χ0n) is 21.8. The molecule has 37 heavy (non-hydrogen) atoms. The number of rotatable bonds is 10. The highest BCUT2D eigenvalue weighted by atomic mass is 35.5. The Morgan fingerprint density at radius 1 is 1.00 bits per heavy atom. The highest BCUT2D eigenvalue weighted by Crippen LogP contribution is 2.22. The minimum absolute atomic E-state index is 0. The van der Waals surface area contributed by atoms with Crippen LogP contribution in [-0.2, 0) is 6.42 Å². The van der Waals surface area contributed by atoms with E-state index in [1.54, 1.807) is 11.0 Å². The predicted molar refractivity (Wildman–Crippen MR) is 152 cm³/mol. The van der Waals surface area contributed by atoms with Crippen LogP contribution in [0.4, 0.5) is 0 Å². The second-order valence-corrected chi connectivity index (χ2v) is 9.40. The first-order valence-electron chi connectivity index (χ1n) is 12.3. The molecule has 1 aliphatic heterocycles. The summed E-state index contributed by atoms with van der Waals surface area (Å²) in [6, 6.07) is 16.4. The normalized spacial score (nSPS) is 13.8. The number of piperidine rings is 1. The Kier molecular flexibility index (Phi) is 12.3. The number of hydrogen-bond acceptors (Lipinski definition) is 6. The van der Waals surface area contributed by atoms with E-state index in [1.807, 2.05) is 35.2 Å². The van der Waals surface area contributed by atoms with Gasteiger partial charge in [0.1, 0.15) is 25.0 Å². The topological polar surface area (TPSA) is 66.7 Å². The van der Waals surface area contributed by atoms with Gasteiger partial charge in [0.2, 0.25) is 0 Å². The molecule has 1 saturated heterocycles. The molecule has 0 aliphatic carbocycles. The van der Waals surface area contributed by atoms with Gasteiger partial charge >= 0.3 is 0 Å². The Morgan fingerprint density at radius 3 is 2.35 bits per heavy atom. The number of aromatic nitrogens is 3. The number of benzene rings is 2. The second-order valence-electron chi connectivity index (χ2n) is 9.40. The fourth-order valence-corrected chi connectivity index (χ4v) is 4.46. The van der Waals surface area contributed by atoms with Crippen LogP contribution in [0, 0.1) is 0 Å². The van der Waals surface area contributed by atoms with Crippen molar-refractivity contribution in [2.45, 2.75) is 25.3 Å². The van der Waals surface area contributed by atoms with Gasteiger partial charge in [-0.15, -0.1) is 24.8 Å². The molecule has 0 atom stereocenters. The Balaban J connectivity index is 0.00000241. The molecule has 2 aromatic carbocycles. The predicted octanol–water partition coefficient (Wildman–Crippen LogP) is 3.83. The molecule has 0 radical (unpaired) electrons. The fraction of sp³-hybridized carbons (Fsp3) is 0.444. The third-order valence-corrected chi connectivity index (χ3v) is 6.68. The van der Waals surface area contributed by atoms with E-state index in [9.17, 15) is 4.79 Å². The lowest BCUT2D eigenvalue weighted by Crippen LogP contribution is -2.46. The molecule has 8 nitrogen and oxygen atoms in total. The third kappa shape index (κ3) is 8.43. The number of amides is 1. The molecule has 0 N–H and O–H groups in total. The van der Waals surface area contributed by atoms with Crippen LogP contribution in [0.3, 0.4) is 0 Å². The number of nitrogens with zero attached hydrogens (tertiary/aromatic N) is 6. The minimum atomic E-state index is 0. The molecule has 10 heteroatoms. The number of halogens is 2. The van der Waals surface area contributed by atoms with Gasteiger partial charge in [-0.25, -0.2) is 9.67 Å². The van der Waals surface area contributed by atoms with Gasteiger partial charge in [-0.2, -0.15) is 5.10 Å². The Labute approximate surface area is 232 Å². The van der Waals surface area contributed by atoms with E-state index in [-0.39, 0.29) is 30.7 Å². The molecule has 1 aliphatic rings. The smallest absolute Gasteiger partial charge is 0.253 e. The van der Waals surface area contributed by atoms with Crippen LogP contribution in [0.15, 0.2) is 61.2 Å². The van der Waals surface area contributed by atoms with Crippen molar-refractivity contribution in [3.05, 3.63) is 72.3 Å². The van der Waals surface area contributed by atoms with Gasteiger partial charge in [0.25, 0.3) is 5.91 Å². The molecule has 2 heterocycles. The highest BCUT2D eigenvalue weighted by Gasteiger charge is 2.26. The van der Waals surface area contributed by atoms with Crippen molar-refractivity contribution in [1.29, 1.82) is 0 Å². The van der Waals surface area contributed by atoms with E-state index in [2.05, 4.69) is 59.2 Å². The van der Waals surface area contributed by atoms with E-state index in [1.165, 1.54) is 11.9 Å². The Morgan fingerprint density at radius 2 is 1.70 bits per heavy atom. The molecule has 202 valence electrons. The largest absolute Gasteiger partial charge is 0.492 e. The van der Waals surface area contributed by atoms with Crippen molar-refractivity contribution in [3.63, 3.8) is 0 Å². The van der Waals surface area contributed by atoms with E-state index in [0.29, 0.717) is 18.2 Å². The summed E-state index contributed by atoms with van der Waals surface area (Å²) in [5, 5.41) is 4.13. The lowest BCUT2D eigenvalue weighted by molar-refractivity contribution is 0.0646. The summed E-state index contributed by atoms with van der Waals surface area (Å²) < 4.78 is 7.71. The summed E-state index contributed by atoms with van der Waals surface area (Å²) >= 11 is 0. The van der Waals surface area contributed by atoms with E-state index in [0.717, 1.165) is 56.9 Å². The van der Waals surface area contributed by atoms with E-state index in [4.69, 9.17) is 4.74 Å². The number of likely N-dealkylation sites (N-methyl/N-ethyl adjacent to an activating group) is 2. The summed E-state index contributed by atoms with van der Waals surface area (Å²) in [5.74, 6) is 1.08. The van der Waals surface area contributed by atoms with Crippen molar-refractivity contribution in [3.8, 4) is 11.4 Å². The number of likely N-dealkylation sites (tertiary alicyclic amines) is 1.